The van der Waals surface area contributed by atoms with Crippen molar-refractivity contribution >= 4 is 0 Å². The molecule has 1 aromatic rings. The molecule has 1 heterocycles. The van der Waals surface area contributed by atoms with Gasteiger partial charge in [-0.1, -0.05) is 13.0 Å². The molecule has 0 aliphatic carbocycles. The van der Waals surface area contributed by atoms with Crippen molar-refractivity contribution in [2.75, 3.05) is 13.2 Å². The van der Waals surface area contributed by atoms with E-state index in [1.807, 2.05) is 18.2 Å². The van der Waals surface area contributed by atoms with Crippen LogP contribution in [0.2, 0.25) is 0 Å². The third kappa shape index (κ3) is 6.29. The Hall–Kier alpha value is -1.06. The predicted molar refractivity (Wildman–Crippen MR) is 69.8 cm³/mol. The molecule has 3 nitrogen and oxygen atoms in total. The molecule has 0 bridgehead atoms. The summed E-state index contributed by atoms with van der Waals surface area (Å²) < 4.78 is 11.1. The number of unbranched alkanes of at least 4 members (excludes halogenated alkanes) is 1. The van der Waals surface area contributed by atoms with Gasteiger partial charge in [-0.05, 0) is 37.9 Å². The number of allylic oxidation sites excluding steroid dienone is 1. The highest BCUT2D eigenvalue weighted by Gasteiger charge is 2.01. The Kier molecular flexibility index (Phi) is 7.43. The highest BCUT2D eigenvalue weighted by Crippen LogP contribution is 2.09. The summed E-state index contributed by atoms with van der Waals surface area (Å²) in [7, 11) is 0. The Morgan fingerprint density at radius 3 is 3.00 bits per heavy atom. The SMILES string of the molecule is C=CCCCOCc1ccc(CNCCC)o1. The first kappa shape index (κ1) is 14.0. The zero-order valence-corrected chi connectivity index (χ0v) is 10.7. The molecule has 1 aromatic heterocycles. The van der Waals surface area contributed by atoms with Gasteiger partial charge in [0.2, 0.25) is 0 Å². The van der Waals surface area contributed by atoms with Gasteiger partial charge in [0.25, 0.3) is 0 Å². The lowest BCUT2D eigenvalue weighted by molar-refractivity contribution is 0.103. The third-order valence-electron chi connectivity index (χ3n) is 2.38. The summed E-state index contributed by atoms with van der Waals surface area (Å²) in [5, 5.41) is 3.30. The van der Waals surface area contributed by atoms with Gasteiger partial charge in [0.15, 0.2) is 0 Å². The molecule has 0 saturated carbocycles. The molecule has 0 aliphatic heterocycles. The average Bonchev–Trinajstić information content (AvgIpc) is 2.77. The van der Waals surface area contributed by atoms with Gasteiger partial charge in [-0.2, -0.15) is 0 Å². The van der Waals surface area contributed by atoms with E-state index in [1.54, 1.807) is 0 Å². The Labute approximate surface area is 104 Å². The average molecular weight is 237 g/mol. The molecule has 3 heteroatoms. The zero-order chi connectivity index (χ0) is 12.3. The Morgan fingerprint density at radius 2 is 2.24 bits per heavy atom. The summed E-state index contributed by atoms with van der Waals surface area (Å²) in [6.45, 7) is 8.96. The molecular weight excluding hydrogens is 214 g/mol. The van der Waals surface area contributed by atoms with Gasteiger partial charge in [0, 0.05) is 6.61 Å². The van der Waals surface area contributed by atoms with Gasteiger partial charge in [0.1, 0.15) is 18.1 Å². The maximum absolute atomic E-state index is 5.63. The van der Waals surface area contributed by atoms with Crippen LogP contribution in [-0.4, -0.2) is 13.2 Å². The van der Waals surface area contributed by atoms with Crippen molar-refractivity contribution in [2.24, 2.45) is 0 Å². The molecule has 17 heavy (non-hydrogen) atoms. The molecule has 0 aliphatic rings. The third-order valence-corrected chi connectivity index (χ3v) is 2.38. The number of hydrogen-bond donors (Lipinski definition) is 1. The Morgan fingerprint density at radius 1 is 1.41 bits per heavy atom. The molecule has 0 fully saturated rings. The normalized spacial score (nSPS) is 10.6. The van der Waals surface area contributed by atoms with E-state index >= 15 is 0 Å². The van der Waals surface area contributed by atoms with Crippen molar-refractivity contribution in [3.8, 4) is 0 Å². The second-order valence-electron chi connectivity index (χ2n) is 4.03. The van der Waals surface area contributed by atoms with Crippen molar-refractivity contribution < 1.29 is 9.15 Å². The fraction of sp³-hybridized carbons (Fsp3) is 0.571. The first-order chi connectivity index (χ1) is 8.36. The number of ether oxygens (including phenoxy) is 1. The van der Waals surface area contributed by atoms with E-state index in [2.05, 4.69) is 18.8 Å². The monoisotopic (exact) mass is 237 g/mol. The van der Waals surface area contributed by atoms with E-state index in [9.17, 15) is 0 Å². The smallest absolute Gasteiger partial charge is 0.129 e. The maximum atomic E-state index is 5.63. The minimum Gasteiger partial charge on any atom is -0.462 e. The summed E-state index contributed by atoms with van der Waals surface area (Å²) >= 11 is 0. The van der Waals surface area contributed by atoms with Gasteiger partial charge in [-0.15, -0.1) is 6.58 Å². The largest absolute Gasteiger partial charge is 0.462 e. The summed E-state index contributed by atoms with van der Waals surface area (Å²) in [6.07, 6.45) is 5.08. The maximum Gasteiger partial charge on any atom is 0.129 e. The predicted octanol–water partition coefficient (Wildman–Crippen LogP) is 3.26. The van der Waals surface area contributed by atoms with E-state index in [0.29, 0.717) is 6.61 Å². The van der Waals surface area contributed by atoms with Crippen LogP contribution in [0.3, 0.4) is 0 Å². The van der Waals surface area contributed by atoms with Crippen LogP contribution in [0.1, 0.15) is 37.7 Å². The van der Waals surface area contributed by atoms with Crippen LogP contribution in [0.4, 0.5) is 0 Å². The van der Waals surface area contributed by atoms with E-state index in [1.165, 1.54) is 0 Å². The van der Waals surface area contributed by atoms with Crippen molar-refractivity contribution in [3.63, 3.8) is 0 Å². The molecule has 0 unspecified atom stereocenters. The quantitative estimate of drug-likeness (QED) is 0.501. The summed E-state index contributed by atoms with van der Waals surface area (Å²) in [5.41, 5.74) is 0. The fourth-order valence-corrected chi connectivity index (χ4v) is 1.49. The highest BCUT2D eigenvalue weighted by atomic mass is 16.5. The van der Waals surface area contributed by atoms with E-state index in [0.717, 1.165) is 50.5 Å². The summed E-state index contributed by atoms with van der Waals surface area (Å²) in [4.78, 5) is 0. The molecule has 0 saturated heterocycles. The van der Waals surface area contributed by atoms with Gasteiger partial charge in [-0.3, -0.25) is 0 Å². The highest BCUT2D eigenvalue weighted by molar-refractivity contribution is 5.06. The number of hydrogen-bond acceptors (Lipinski definition) is 3. The summed E-state index contributed by atoms with van der Waals surface area (Å²) in [6, 6.07) is 3.99. The van der Waals surface area contributed by atoms with Crippen LogP contribution < -0.4 is 5.32 Å². The zero-order valence-electron chi connectivity index (χ0n) is 10.7. The molecule has 1 N–H and O–H groups in total. The van der Waals surface area contributed by atoms with E-state index in [4.69, 9.17) is 9.15 Å². The van der Waals surface area contributed by atoms with Gasteiger partial charge in [0.05, 0.1) is 6.54 Å². The van der Waals surface area contributed by atoms with Crippen LogP contribution >= 0.6 is 0 Å². The second kappa shape index (κ2) is 9.02. The van der Waals surface area contributed by atoms with Crippen LogP contribution in [0, 0.1) is 0 Å². The molecule has 0 atom stereocenters. The molecular formula is C14H23NO2. The molecule has 0 spiro atoms. The first-order valence-corrected chi connectivity index (χ1v) is 6.33. The number of furan rings is 1. The molecule has 0 amide bonds. The molecule has 0 radical (unpaired) electrons. The lowest BCUT2D eigenvalue weighted by Gasteiger charge is -2.01. The molecule has 1 rings (SSSR count). The minimum absolute atomic E-state index is 0.560. The lowest BCUT2D eigenvalue weighted by atomic mass is 10.3. The van der Waals surface area contributed by atoms with Gasteiger partial charge in [-0.25, -0.2) is 0 Å². The fourth-order valence-electron chi connectivity index (χ4n) is 1.49. The lowest BCUT2D eigenvalue weighted by Crippen LogP contribution is -2.13. The number of rotatable bonds is 10. The molecule has 0 aromatic carbocycles. The van der Waals surface area contributed by atoms with Crippen molar-refractivity contribution in [3.05, 3.63) is 36.3 Å². The second-order valence-corrected chi connectivity index (χ2v) is 4.03. The van der Waals surface area contributed by atoms with Crippen molar-refractivity contribution in [1.29, 1.82) is 0 Å². The first-order valence-electron chi connectivity index (χ1n) is 6.33. The minimum atomic E-state index is 0.560. The van der Waals surface area contributed by atoms with Gasteiger partial charge < -0.3 is 14.5 Å². The summed E-state index contributed by atoms with van der Waals surface area (Å²) in [5.74, 6) is 1.88. The van der Waals surface area contributed by atoms with E-state index in [-0.39, 0.29) is 0 Å². The van der Waals surface area contributed by atoms with Crippen molar-refractivity contribution in [1.82, 2.24) is 5.32 Å². The van der Waals surface area contributed by atoms with Crippen LogP contribution in [-0.2, 0) is 17.9 Å². The topological polar surface area (TPSA) is 34.4 Å². The van der Waals surface area contributed by atoms with E-state index < -0.39 is 0 Å². The van der Waals surface area contributed by atoms with Crippen LogP contribution in [0.5, 0.6) is 0 Å². The Balaban J connectivity index is 2.14. The van der Waals surface area contributed by atoms with Crippen LogP contribution in [0.15, 0.2) is 29.2 Å². The Bertz CT molecular complexity index is 307. The molecule has 96 valence electrons. The van der Waals surface area contributed by atoms with Crippen LogP contribution in [0.25, 0.3) is 0 Å². The number of nitrogens with one attached hydrogen (secondary N) is 1. The van der Waals surface area contributed by atoms with Crippen molar-refractivity contribution in [2.45, 2.75) is 39.3 Å². The standard InChI is InChI=1S/C14H23NO2/c1-3-5-6-10-16-12-14-8-7-13(17-14)11-15-9-4-2/h3,7-8,15H,1,4-6,9-12H2,2H3. The van der Waals surface area contributed by atoms with Gasteiger partial charge >= 0.3 is 0 Å².